The molecule has 1 nitrogen and oxygen atoms in total. The second kappa shape index (κ2) is 5.88. The first kappa shape index (κ1) is 13.5. The van der Waals surface area contributed by atoms with Crippen LogP contribution < -0.4 is 5.32 Å². The van der Waals surface area contributed by atoms with Gasteiger partial charge in [0.1, 0.15) is 0 Å². The second-order valence-corrected chi connectivity index (χ2v) is 5.93. The smallest absolute Gasteiger partial charge is 0.0511 e. The molecule has 2 heteroatoms. The van der Waals surface area contributed by atoms with Gasteiger partial charge in [0.2, 0.25) is 0 Å². The van der Waals surface area contributed by atoms with E-state index in [4.69, 9.17) is 11.6 Å². The maximum absolute atomic E-state index is 5.96. The van der Waals surface area contributed by atoms with Crippen molar-refractivity contribution in [3.8, 4) is 0 Å². The molecule has 2 aromatic carbocycles. The number of fused-ring (bicyclic) bond motifs is 1. The number of rotatable bonds is 4. The first-order chi connectivity index (χ1) is 9.76. The summed E-state index contributed by atoms with van der Waals surface area (Å²) in [5, 5.41) is 4.44. The Labute approximate surface area is 126 Å². The summed E-state index contributed by atoms with van der Waals surface area (Å²) < 4.78 is 0. The summed E-state index contributed by atoms with van der Waals surface area (Å²) in [7, 11) is 0. The van der Waals surface area contributed by atoms with Gasteiger partial charge in [-0.2, -0.15) is 0 Å². The average molecular weight is 286 g/mol. The maximum atomic E-state index is 5.96. The fourth-order valence-corrected chi connectivity index (χ4v) is 3.10. The van der Waals surface area contributed by atoms with Crippen LogP contribution in [0.5, 0.6) is 0 Å². The van der Waals surface area contributed by atoms with Gasteiger partial charge in [-0.3, -0.25) is 0 Å². The summed E-state index contributed by atoms with van der Waals surface area (Å²) in [5.74, 6) is 0. The third kappa shape index (κ3) is 2.83. The molecule has 1 unspecified atom stereocenters. The van der Waals surface area contributed by atoms with Gasteiger partial charge in [-0.05, 0) is 66.6 Å². The molecule has 1 aliphatic carbocycles. The minimum absolute atomic E-state index is 0.340. The molecule has 0 heterocycles. The first-order valence-electron chi connectivity index (χ1n) is 7.40. The van der Waals surface area contributed by atoms with Gasteiger partial charge in [0, 0.05) is 10.7 Å². The minimum Gasteiger partial charge on any atom is -0.378 e. The van der Waals surface area contributed by atoms with E-state index in [-0.39, 0.29) is 0 Å². The standard InChI is InChI=1S/C18H20ClN/c1-2-18(14-6-9-16(19)10-7-14)20-17-11-8-13-4-3-5-15(13)12-17/h6-12,18,20H,2-5H2,1H3. The molecule has 0 bridgehead atoms. The van der Waals surface area contributed by atoms with Gasteiger partial charge in [0.25, 0.3) is 0 Å². The molecule has 0 amide bonds. The van der Waals surface area contributed by atoms with Crippen molar-refractivity contribution in [2.24, 2.45) is 0 Å². The van der Waals surface area contributed by atoms with Gasteiger partial charge in [-0.25, -0.2) is 0 Å². The third-order valence-electron chi connectivity index (χ3n) is 4.12. The van der Waals surface area contributed by atoms with Crippen molar-refractivity contribution < 1.29 is 0 Å². The van der Waals surface area contributed by atoms with E-state index in [1.807, 2.05) is 12.1 Å². The van der Waals surface area contributed by atoms with Crippen LogP contribution in [-0.2, 0) is 12.8 Å². The van der Waals surface area contributed by atoms with E-state index < -0.39 is 0 Å². The number of aryl methyl sites for hydroxylation is 2. The monoisotopic (exact) mass is 285 g/mol. The van der Waals surface area contributed by atoms with E-state index in [9.17, 15) is 0 Å². The average Bonchev–Trinajstić information content (AvgIpc) is 2.93. The number of benzene rings is 2. The first-order valence-corrected chi connectivity index (χ1v) is 7.78. The molecule has 0 saturated carbocycles. The molecule has 1 aliphatic rings. The summed E-state index contributed by atoms with van der Waals surface area (Å²) >= 11 is 5.96. The summed E-state index contributed by atoms with van der Waals surface area (Å²) in [6, 6.07) is 15.3. The van der Waals surface area contributed by atoms with Crippen molar-refractivity contribution in [3.05, 3.63) is 64.2 Å². The Bertz CT molecular complexity index is 589. The Morgan fingerprint density at radius 2 is 1.80 bits per heavy atom. The lowest BCUT2D eigenvalue weighted by Gasteiger charge is -2.19. The van der Waals surface area contributed by atoms with E-state index in [2.05, 4.69) is 42.6 Å². The number of hydrogen-bond acceptors (Lipinski definition) is 1. The fraction of sp³-hybridized carbons (Fsp3) is 0.333. The highest BCUT2D eigenvalue weighted by molar-refractivity contribution is 6.30. The Morgan fingerprint density at radius 1 is 1.05 bits per heavy atom. The van der Waals surface area contributed by atoms with Gasteiger partial charge in [0.05, 0.1) is 6.04 Å². The topological polar surface area (TPSA) is 12.0 Å². The van der Waals surface area contributed by atoms with Gasteiger partial charge < -0.3 is 5.32 Å². The van der Waals surface area contributed by atoms with E-state index in [0.29, 0.717) is 6.04 Å². The van der Waals surface area contributed by atoms with Crippen molar-refractivity contribution in [1.29, 1.82) is 0 Å². The van der Waals surface area contributed by atoms with Crippen molar-refractivity contribution in [2.75, 3.05) is 5.32 Å². The van der Waals surface area contributed by atoms with Crippen molar-refractivity contribution in [2.45, 2.75) is 38.6 Å². The van der Waals surface area contributed by atoms with E-state index in [1.54, 1.807) is 0 Å². The molecular formula is C18H20ClN. The molecule has 0 fully saturated rings. The van der Waals surface area contributed by atoms with Crippen LogP contribution in [0.3, 0.4) is 0 Å². The largest absolute Gasteiger partial charge is 0.378 e. The Morgan fingerprint density at radius 3 is 2.55 bits per heavy atom. The normalized spacial score (nSPS) is 14.9. The molecule has 0 spiro atoms. The fourth-order valence-electron chi connectivity index (χ4n) is 2.98. The Kier molecular flexibility index (Phi) is 3.98. The molecule has 1 N–H and O–H groups in total. The molecule has 0 aromatic heterocycles. The lowest BCUT2D eigenvalue weighted by atomic mass is 10.0. The van der Waals surface area contributed by atoms with Crippen molar-refractivity contribution in [3.63, 3.8) is 0 Å². The predicted molar refractivity (Wildman–Crippen MR) is 86.6 cm³/mol. The molecule has 0 saturated heterocycles. The quantitative estimate of drug-likeness (QED) is 0.794. The molecule has 20 heavy (non-hydrogen) atoms. The summed E-state index contributed by atoms with van der Waals surface area (Å²) in [6.07, 6.45) is 4.82. The van der Waals surface area contributed by atoms with Crippen molar-refractivity contribution in [1.82, 2.24) is 0 Å². The van der Waals surface area contributed by atoms with Gasteiger partial charge in [0.15, 0.2) is 0 Å². The lowest BCUT2D eigenvalue weighted by Crippen LogP contribution is -2.09. The summed E-state index contributed by atoms with van der Waals surface area (Å²) in [6.45, 7) is 2.21. The zero-order valence-electron chi connectivity index (χ0n) is 11.8. The molecule has 3 rings (SSSR count). The zero-order chi connectivity index (χ0) is 13.9. The highest BCUT2D eigenvalue weighted by Crippen LogP contribution is 2.28. The van der Waals surface area contributed by atoms with E-state index in [0.717, 1.165) is 11.4 Å². The van der Waals surface area contributed by atoms with Gasteiger partial charge in [-0.15, -0.1) is 0 Å². The SMILES string of the molecule is CCC(Nc1ccc2c(c1)CCC2)c1ccc(Cl)cc1. The highest BCUT2D eigenvalue weighted by Gasteiger charge is 2.13. The molecule has 2 aromatic rings. The molecule has 1 atom stereocenters. The van der Waals surface area contributed by atoms with Crippen LogP contribution in [0.25, 0.3) is 0 Å². The predicted octanol–water partition coefficient (Wildman–Crippen LogP) is 5.39. The lowest BCUT2D eigenvalue weighted by molar-refractivity contribution is 0.749. The summed E-state index contributed by atoms with van der Waals surface area (Å²) in [4.78, 5) is 0. The van der Waals surface area contributed by atoms with Crippen LogP contribution in [-0.4, -0.2) is 0 Å². The van der Waals surface area contributed by atoms with Crippen LogP contribution in [0, 0.1) is 0 Å². The Balaban J connectivity index is 1.79. The third-order valence-corrected chi connectivity index (χ3v) is 4.37. The zero-order valence-corrected chi connectivity index (χ0v) is 12.6. The van der Waals surface area contributed by atoms with E-state index in [1.165, 1.54) is 41.6 Å². The number of anilines is 1. The van der Waals surface area contributed by atoms with Crippen LogP contribution >= 0.6 is 11.6 Å². The van der Waals surface area contributed by atoms with E-state index >= 15 is 0 Å². The van der Waals surface area contributed by atoms with Crippen LogP contribution in [0.4, 0.5) is 5.69 Å². The molecular weight excluding hydrogens is 266 g/mol. The maximum Gasteiger partial charge on any atom is 0.0511 e. The van der Waals surface area contributed by atoms with Gasteiger partial charge in [-0.1, -0.05) is 36.7 Å². The van der Waals surface area contributed by atoms with Gasteiger partial charge >= 0.3 is 0 Å². The van der Waals surface area contributed by atoms with Crippen LogP contribution in [0.2, 0.25) is 5.02 Å². The number of halogens is 1. The van der Waals surface area contributed by atoms with Crippen LogP contribution in [0.1, 0.15) is 42.5 Å². The van der Waals surface area contributed by atoms with Crippen molar-refractivity contribution >= 4 is 17.3 Å². The molecule has 0 radical (unpaired) electrons. The molecule has 0 aliphatic heterocycles. The molecule has 104 valence electrons. The summed E-state index contributed by atoms with van der Waals surface area (Å²) in [5.41, 5.74) is 5.56. The number of nitrogens with one attached hydrogen (secondary N) is 1. The highest BCUT2D eigenvalue weighted by atomic mass is 35.5. The Hall–Kier alpha value is -1.47. The minimum atomic E-state index is 0.340. The number of hydrogen-bond donors (Lipinski definition) is 1. The second-order valence-electron chi connectivity index (χ2n) is 5.49. The van der Waals surface area contributed by atoms with Crippen LogP contribution in [0.15, 0.2) is 42.5 Å².